The molecule has 0 spiro atoms. The minimum Gasteiger partial charge on any atom is -0.444 e. The molecule has 1 aliphatic heterocycles. The van der Waals surface area contributed by atoms with Crippen molar-refractivity contribution < 1.29 is 14.0 Å². The van der Waals surface area contributed by atoms with Crippen molar-refractivity contribution >= 4 is 11.8 Å². The molecule has 1 fully saturated rings. The van der Waals surface area contributed by atoms with Crippen molar-refractivity contribution in [3.8, 4) is 0 Å². The van der Waals surface area contributed by atoms with Gasteiger partial charge in [-0.2, -0.15) is 0 Å². The highest BCUT2D eigenvalue weighted by molar-refractivity contribution is 5.94. The van der Waals surface area contributed by atoms with Gasteiger partial charge in [0.2, 0.25) is 17.7 Å². The number of hydrogen-bond acceptors (Lipinski definition) is 4. The van der Waals surface area contributed by atoms with Crippen LogP contribution >= 0.6 is 0 Å². The second-order valence-corrected chi connectivity index (χ2v) is 3.78. The molecule has 86 valence electrons. The molecule has 0 aromatic carbocycles. The standard InChI is InChI=1S/C10H13N3O3/c1-6-3-11-8(16-6)5-13-7(2)10(15)12-4-9(13)14/h3,7H,4-5H2,1-2H3,(H,12,15). The first-order valence-electron chi connectivity index (χ1n) is 5.06. The normalized spacial score (nSPS) is 21.1. The van der Waals surface area contributed by atoms with Crippen molar-refractivity contribution in [1.29, 1.82) is 0 Å². The molecule has 6 heteroatoms. The van der Waals surface area contributed by atoms with Crippen LogP contribution in [0.15, 0.2) is 10.6 Å². The van der Waals surface area contributed by atoms with Crippen molar-refractivity contribution in [2.45, 2.75) is 26.4 Å². The number of rotatable bonds is 2. The van der Waals surface area contributed by atoms with Gasteiger partial charge in [0.05, 0.1) is 19.3 Å². The fourth-order valence-electron chi connectivity index (χ4n) is 1.61. The number of hydrogen-bond donors (Lipinski definition) is 1. The van der Waals surface area contributed by atoms with E-state index in [1.165, 1.54) is 4.90 Å². The summed E-state index contributed by atoms with van der Waals surface area (Å²) in [6, 6.07) is -0.478. The SMILES string of the molecule is Cc1cnc(CN2C(=O)CNC(=O)C2C)o1. The molecular weight excluding hydrogens is 210 g/mol. The van der Waals surface area contributed by atoms with E-state index >= 15 is 0 Å². The van der Waals surface area contributed by atoms with E-state index in [9.17, 15) is 9.59 Å². The van der Waals surface area contributed by atoms with Crippen LogP contribution in [0.5, 0.6) is 0 Å². The van der Waals surface area contributed by atoms with E-state index in [2.05, 4.69) is 10.3 Å². The molecule has 1 aromatic heterocycles. The van der Waals surface area contributed by atoms with Crippen LogP contribution in [0.2, 0.25) is 0 Å². The number of piperazine rings is 1. The van der Waals surface area contributed by atoms with Crippen molar-refractivity contribution in [3.05, 3.63) is 17.8 Å². The average molecular weight is 223 g/mol. The third kappa shape index (κ3) is 1.91. The van der Waals surface area contributed by atoms with Crippen LogP contribution in [0.3, 0.4) is 0 Å². The molecule has 1 unspecified atom stereocenters. The lowest BCUT2D eigenvalue weighted by atomic mass is 10.2. The molecule has 1 atom stereocenters. The Morgan fingerprint density at radius 3 is 3.00 bits per heavy atom. The molecule has 2 heterocycles. The van der Waals surface area contributed by atoms with Gasteiger partial charge in [-0.1, -0.05) is 0 Å². The maximum Gasteiger partial charge on any atom is 0.243 e. The second-order valence-electron chi connectivity index (χ2n) is 3.78. The number of aromatic nitrogens is 1. The summed E-state index contributed by atoms with van der Waals surface area (Å²) >= 11 is 0. The van der Waals surface area contributed by atoms with Gasteiger partial charge in [0, 0.05) is 0 Å². The third-order valence-corrected chi connectivity index (χ3v) is 2.56. The van der Waals surface area contributed by atoms with E-state index in [0.29, 0.717) is 11.7 Å². The van der Waals surface area contributed by atoms with Gasteiger partial charge in [-0.3, -0.25) is 9.59 Å². The van der Waals surface area contributed by atoms with Gasteiger partial charge >= 0.3 is 0 Å². The Morgan fingerprint density at radius 2 is 2.38 bits per heavy atom. The van der Waals surface area contributed by atoms with E-state index in [1.807, 2.05) is 0 Å². The first-order valence-corrected chi connectivity index (χ1v) is 5.06. The van der Waals surface area contributed by atoms with Gasteiger partial charge in [0.1, 0.15) is 11.8 Å². The van der Waals surface area contributed by atoms with Crippen molar-refractivity contribution in [2.75, 3.05) is 6.54 Å². The van der Waals surface area contributed by atoms with Gasteiger partial charge in [0.25, 0.3) is 0 Å². The van der Waals surface area contributed by atoms with E-state index in [0.717, 1.165) is 0 Å². The molecule has 0 bridgehead atoms. The molecule has 0 saturated carbocycles. The predicted octanol–water partition coefficient (Wildman–Crippen LogP) is -0.170. The summed E-state index contributed by atoms with van der Waals surface area (Å²) in [5, 5.41) is 2.52. The number of nitrogens with zero attached hydrogens (tertiary/aromatic N) is 2. The predicted molar refractivity (Wildman–Crippen MR) is 54.3 cm³/mol. The quantitative estimate of drug-likeness (QED) is 0.755. The lowest BCUT2D eigenvalue weighted by Gasteiger charge is -2.31. The number of carbonyl (C=O) groups is 2. The molecule has 0 radical (unpaired) electrons. The van der Waals surface area contributed by atoms with Gasteiger partial charge in [-0.05, 0) is 13.8 Å². The Balaban J connectivity index is 2.12. The summed E-state index contributed by atoms with van der Waals surface area (Å²) in [5.41, 5.74) is 0. The molecular formula is C10H13N3O3. The molecule has 2 rings (SSSR count). The van der Waals surface area contributed by atoms with Crippen LogP contribution < -0.4 is 5.32 Å². The highest BCUT2D eigenvalue weighted by Crippen LogP contribution is 2.11. The third-order valence-electron chi connectivity index (χ3n) is 2.56. The summed E-state index contributed by atoms with van der Waals surface area (Å²) in [7, 11) is 0. The molecule has 2 amide bonds. The van der Waals surface area contributed by atoms with Crippen LogP contribution in [-0.2, 0) is 16.1 Å². The highest BCUT2D eigenvalue weighted by atomic mass is 16.4. The van der Waals surface area contributed by atoms with Crippen molar-refractivity contribution in [1.82, 2.24) is 15.2 Å². The molecule has 1 aliphatic rings. The number of oxazole rings is 1. The average Bonchev–Trinajstić information content (AvgIpc) is 2.65. The van der Waals surface area contributed by atoms with Crippen LogP contribution in [-0.4, -0.2) is 34.3 Å². The summed E-state index contributed by atoms with van der Waals surface area (Å²) in [6.07, 6.45) is 1.59. The van der Waals surface area contributed by atoms with Gasteiger partial charge in [0.15, 0.2) is 0 Å². The van der Waals surface area contributed by atoms with Gasteiger partial charge < -0.3 is 14.6 Å². The zero-order valence-corrected chi connectivity index (χ0v) is 9.19. The maximum atomic E-state index is 11.6. The molecule has 6 nitrogen and oxygen atoms in total. The largest absolute Gasteiger partial charge is 0.444 e. The maximum absolute atomic E-state index is 11.6. The summed E-state index contributed by atoms with van der Waals surface area (Å²) < 4.78 is 5.28. The zero-order chi connectivity index (χ0) is 11.7. The lowest BCUT2D eigenvalue weighted by Crippen LogP contribution is -2.56. The van der Waals surface area contributed by atoms with E-state index in [1.54, 1.807) is 20.0 Å². The summed E-state index contributed by atoms with van der Waals surface area (Å²) in [6.45, 7) is 3.75. The lowest BCUT2D eigenvalue weighted by molar-refractivity contribution is -0.145. The zero-order valence-electron chi connectivity index (χ0n) is 9.19. The minimum absolute atomic E-state index is 0.0445. The van der Waals surface area contributed by atoms with Crippen LogP contribution in [0, 0.1) is 6.92 Å². The Labute approximate surface area is 92.6 Å². The molecule has 0 aliphatic carbocycles. The number of carbonyl (C=O) groups excluding carboxylic acids is 2. The molecule has 16 heavy (non-hydrogen) atoms. The Morgan fingerprint density at radius 1 is 1.62 bits per heavy atom. The van der Waals surface area contributed by atoms with Crippen LogP contribution in [0.25, 0.3) is 0 Å². The minimum atomic E-state index is -0.478. The Kier molecular flexibility index (Phi) is 2.64. The van der Waals surface area contributed by atoms with E-state index in [-0.39, 0.29) is 24.9 Å². The van der Waals surface area contributed by atoms with Gasteiger partial charge in [-0.25, -0.2) is 4.98 Å². The molecule has 1 N–H and O–H groups in total. The monoisotopic (exact) mass is 223 g/mol. The van der Waals surface area contributed by atoms with Crippen LogP contribution in [0.4, 0.5) is 0 Å². The summed E-state index contributed by atoms with van der Waals surface area (Å²) in [5.74, 6) is 0.870. The topological polar surface area (TPSA) is 75.4 Å². The molecule has 1 aromatic rings. The van der Waals surface area contributed by atoms with E-state index in [4.69, 9.17) is 4.42 Å². The number of aryl methyl sites for hydroxylation is 1. The second kappa shape index (κ2) is 3.96. The summed E-state index contributed by atoms with van der Waals surface area (Å²) in [4.78, 5) is 28.5. The first kappa shape index (κ1) is 10.7. The Hall–Kier alpha value is -1.85. The fourth-order valence-corrected chi connectivity index (χ4v) is 1.61. The smallest absolute Gasteiger partial charge is 0.243 e. The fraction of sp³-hybridized carbons (Fsp3) is 0.500. The highest BCUT2D eigenvalue weighted by Gasteiger charge is 2.31. The van der Waals surface area contributed by atoms with E-state index < -0.39 is 6.04 Å². The molecule has 1 saturated heterocycles. The van der Waals surface area contributed by atoms with Crippen molar-refractivity contribution in [3.63, 3.8) is 0 Å². The Bertz CT molecular complexity index is 427. The van der Waals surface area contributed by atoms with Crippen LogP contribution in [0.1, 0.15) is 18.6 Å². The number of amides is 2. The first-order chi connectivity index (χ1) is 7.58. The van der Waals surface area contributed by atoms with Crippen molar-refractivity contribution in [2.24, 2.45) is 0 Å². The number of nitrogens with one attached hydrogen (secondary N) is 1. The van der Waals surface area contributed by atoms with Gasteiger partial charge in [-0.15, -0.1) is 0 Å².